The highest BCUT2D eigenvalue weighted by atomic mass is 16.3. The van der Waals surface area contributed by atoms with Crippen LogP contribution in [0, 0.1) is 11.8 Å². The predicted molar refractivity (Wildman–Crippen MR) is 56.7 cm³/mol. The van der Waals surface area contributed by atoms with Crippen LogP contribution in [0.4, 0.5) is 0 Å². The van der Waals surface area contributed by atoms with Crippen LogP contribution in [-0.4, -0.2) is 11.2 Å². The second kappa shape index (κ2) is 5.64. The Balaban J connectivity index is 1.87. The molecule has 0 aliphatic heterocycles. The van der Waals surface area contributed by atoms with Gasteiger partial charge in [-0.1, -0.05) is 46.0 Å². The molecular weight excluding hydrogens is 160 g/mol. The second-order valence-corrected chi connectivity index (χ2v) is 4.65. The Morgan fingerprint density at radius 2 is 1.85 bits per heavy atom. The van der Waals surface area contributed by atoms with E-state index in [1.54, 1.807) is 0 Å². The Bertz CT molecular complexity index is 133. The minimum atomic E-state index is 0.0108. The van der Waals surface area contributed by atoms with Crippen LogP contribution in [0.5, 0.6) is 0 Å². The van der Waals surface area contributed by atoms with Gasteiger partial charge < -0.3 is 5.11 Å². The van der Waals surface area contributed by atoms with Gasteiger partial charge in [0.05, 0.1) is 6.10 Å². The molecule has 1 nitrogen and oxygen atoms in total. The van der Waals surface area contributed by atoms with Gasteiger partial charge >= 0.3 is 0 Å². The summed E-state index contributed by atoms with van der Waals surface area (Å²) in [6.07, 6.45) is 8.86. The van der Waals surface area contributed by atoms with Crippen LogP contribution in [-0.2, 0) is 0 Å². The van der Waals surface area contributed by atoms with Crippen molar-refractivity contribution in [1.29, 1.82) is 0 Å². The van der Waals surface area contributed by atoms with Gasteiger partial charge in [-0.15, -0.1) is 0 Å². The van der Waals surface area contributed by atoms with Crippen LogP contribution in [0.1, 0.15) is 58.8 Å². The average Bonchev–Trinajstić information content (AvgIpc) is 2.82. The molecule has 0 radical (unpaired) electrons. The molecule has 1 heteroatoms. The molecule has 0 saturated heterocycles. The molecule has 1 aliphatic carbocycles. The van der Waals surface area contributed by atoms with Gasteiger partial charge in [0.2, 0.25) is 0 Å². The van der Waals surface area contributed by atoms with Crippen molar-refractivity contribution >= 4 is 0 Å². The van der Waals surface area contributed by atoms with E-state index in [1.165, 1.54) is 38.5 Å². The fourth-order valence-corrected chi connectivity index (χ4v) is 2.06. The van der Waals surface area contributed by atoms with Crippen molar-refractivity contribution in [3.63, 3.8) is 0 Å². The quantitative estimate of drug-likeness (QED) is 0.601. The van der Waals surface area contributed by atoms with Crippen LogP contribution >= 0.6 is 0 Å². The van der Waals surface area contributed by atoms with Gasteiger partial charge in [0, 0.05) is 0 Å². The Kier molecular flexibility index (Phi) is 4.79. The molecule has 78 valence electrons. The predicted octanol–water partition coefficient (Wildman–Crippen LogP) is 3.36. The summed E-state index contributed by atoms with van der Waals surface area (Å²) >= 11 is 0. The fraction of sp³-hybridized carbons (Fsp3) is 1.00. The first-order valence-corrected chi connectivity index (χ1v) is 5.93. The molecule has 0 unspecified atom stereocenters. The zero-order chi connectivity index (χ0) is 9.68. The smallest absolute Gasteiger partial charge is 0.0571 e. The molecule has 0 spiro atoms. The van der Waals surface area contributed by atoms with Crippen molar-refractivity contribution in [2.75, 3.05) is 0 Å². The molecule has 0 aromatic carbocycles. The van der Waals surface area contributed by atoms with Crippen molar-refractivity contribution in [2.24, 2.45) is 11.8 Å². The molecule has 0 amide bonds. The second-order valence-electron chi connectivity index (χ2n) is 4.65. The van der Waals surface area contributed by atoms with E-state index in [2.05, 4.69) is 13.8 Å². The first-order valence-electron chi connectivity index (χ1n) is 5.93. The van der Waals surface area contributed by atoms with Crippen molar-refractivity contribution in [3.8, 4) is 0 Å². The lowest BCUT2D eigenvalue weighted by Crippen LogP contribution is -2.09. The molecule has 0 aromatic heterocycles. The van der Waals surface area contributed by atoms with Crippen LogP contribution in [0.25, 0.3) is 0 Å². The highest BCUT2D eigenvalue weighted by Gasteiger charge is 2.37. The molecule has 1 N–H and O–H groups in total. The van der Waals surface area contributed by atoms with Gasteiger partial charge in [-0.2, -0.15) is 0 Å². The van der Waals surface area contributed by atoms with E-state index in [0.717, 1.165) is 12.3 Å². The van der Waals surface area contributed by atoms with Crippen molar-refractivity contribution in [2.45, 2.75) is 64.9 Å². The Labute approximate surface area is 82.5 Å². The Morgan fingerprint density at radius 1 is 1.23 bits per heavy atom. The molecule has 13 heavy (non-hydrogen) atoms. The molecule has 1 rings (SSSR count). The third-order valence-electron chi connectivity index (χ3n) is 3.27. The summed E-state index contributed by atoms with van der Waals surface area (Å²) in [6, 6.07) is 0. The lowest BCUT2D eigenvalue weighted by molar-refractivity contribution is 0.133. The molecule has 0 bridgehead atoms. The summed E-state index contributed by atoms with van der Waals surface area (Å²) in [5.41, 5.74) is 0. The van der Waals surface area contributed by atoms with Gasteiger partial charge in [-0.25, -0.2) is 0 Å². The lowest BCUT2D eigenvalue weighted by Gasteiger charge is -2.08. The third kappa shape index (κ3) is 4.12. The molecule has 0 heterocycles. The monoisotopic (exact) mass is 184 g/mol. The van der Waals surface area contributed by atoms with E-state index in [1.807, 2.05) is 0 Å². The summed E-state index contributed by atoms with van der Waals surface area (Å²) in [5, 5.41) is 9.72. The van der Waals surface area contributed by atoms with Gasteiger partial charge in [0.15, 0.2) is 0 Å². The molecule has 0 aromatic rings. The highest BCUT2D eigenvalue weighted by Crippen LogP contribution is 2.41. The lowest BCUT2D eigenvalue weighted by atomic mass is 10.0. The summed E-state index contributed by atoms with van der Waals surface area (Å²) in [4.78, 5) is 0. The SMILES string of the molecule is CCCCCCC[C@@H](O)[C@@H]1C[C@H]1C. The average molecular weight is 184 g/mol. The van der Waals surface area contributed by atoms with E-state index >= 15 is 0 Å². The molecule has 1 aliphatic rings. The zero-order valence-corrected chi connectivity index (χ0v) is 9.13. The maximum atomic E-state index is 9.72. The maximum absolute atomic E-state index is 9.72. The normalized spacial score (nSPS) is 28.8. The minimum absolute atomic E-state index is 0.0108. The van der Waals surface area contributed by atoms with Crippen LogP contribution < -0.4 is 0 Å². The third-order valence-corrected chi connectivity index (χ3v) is 3.27. The van der Waals surface area contributed by atoms with Gasteiger partial charge in [0.25, 0.3) is 0 Å². The fourth-order valence-electron chi connectivity index (χ4n) is 2.06. The molecular formula is C12H24O. The van der Waals surface area contributed by atoms with E-state index in [4.69, 9.17) is 0 Å². The molecule has 1 saturated carbocycles. The van der Waals surface area contributed by atoms with Crippen LogP contribution in [0.3, 0.4) is 0 Å². The first kappa shape index (κ1) is 11.0. The summed E-state index contributed by atoms with van der Waals surface area (Å²) in [6.45, 7) is 4.48. The van der Waals surface area contributed by atoms with Crippen molar-refractivity contribution < 1.29 is 5.11 Å². The minimum Gasteiger partial charge on any atom is -0.393 e. The van der Waals surface area contributed by atoms with Gasteiger partial charge in [-0.05, 0) is 24.7 Å². The Hall–Kier alpha value is -0.0400. The van der Waals surface area contributed by atoms with Gasteiger partial charge in [-0.3, -0.25) is 0 Å². The number of rotatable bonds is 7. The number of aliphatic hydroxyl groups excluding tert-OH is 1. The first-order chi connectivity index (χ1) is 6.25. The molecule has 3 atom stereocenters. The van der Waals surface area contributed by atoms with Crippen LogP contribution in [0.15, 0.2) is 0 Å². The number of unbranched alkanes of at least 4 members (excludes halogenated alkanes) is 4. The van der Waals surface area contributed by atoms with E-state index in [-0.39, 0.29) is 6.10 Å². The largest absolute Gasteiger partial charge is 0.393 e. The Morgan fingerprint density at radius 3 is 2.38 bits per heavy atom. The van der Waals surface area contributed by atoms with Gasteiger partial charge in [0.1, 0.15) is 0 Å². The molecule has 1 fully saturated rings. The zero-order valence-electron chi connectivity index (χ0n) is 9.13. The van der Waals surface area contributed by atoms with Crippen LogP contribution in [0.2, 0.25) is 0 Å². The van der Waals surface area contributed by atoms with E-state index in [0.29, 0.717) is 5.92 Å². The van der Waals surface area contributed by atoms with Crippen molar-refractivity contribution in [3.05, 3.63) is 0 Å². The highest BCUT2D eigenvalue weighted by molar-refractivity contribution is 4.87. The standard InChI is InChI=1S/C12H24O/c1-3-4-5-6-7-8-12(13)11-9-10(11)2/h10-13H,3-9H2,1-2H3/t10-,11-,12-/m1/s1. The number of hydrogen-bond donors (Lipinski definition) is 1. The number of aliphatic hydroxyl groups is 1. The summed E-state index contributed by atoms with van der Waals surface area (Å²) < 4.78 is 0. The van der Waals surface area contributed by atoms with E-state index in [9.17, 15) is 5.11 Å². The topological polar surface area (TPSA) is 20.2 Å². The summed E-state index contributed by atoms with van der Waals surface area (Å²) in [5.74, 6) is 1.44. The van der Waals surface area contributed by atoms with E-state index < -0.39 is 0 Å². The maximum Gasteiger partial charge on any atom is 0.0571 e. The number of hydrogen-bond acceptors (Lipinski definition) is 1. The summed E-state index contributed by atoms with van der Waals surface area (Å²) in [7, 11) is 0. The van der Waals surface area contributed by atoms with Crippen molar-refractivity contribution in [1.82, 2.24) is 0 Å².